The number of carbonyl (C=O) groups is 1. The van der Waals surface area contributed by atoms with Crippen LogP contribution in [0.25, 0.3) is 0 Å². The Hall–Kier alpha value is -1.70. The molecule has 1 fully saturated rings. The Morgan fingerprint density at radius 1 is 1.19 bits per heavy atom. The van der Waals surface area contributed by atoms with Gasteiger partial charge in [0.05, 0.1) is 11.4 Å². The van der Waals surface area contributed by atoms with Gasteiger partial charge in [-0.25, -0.2) is 8.42 Å². The lowest BCUT2D eigenvalue weighted by molar-refractivity contribution is 0.0951. The molecule has 7 heteroatoms. The van der Waals surface area contributed by atoms with E-state index in [1.54, 1.807) is 33.8 Å². The minimum absolute atomic E-state index is 0.184. The number of amides is 1. The number of hydrogen-bond donors (Lipinski definition) is 1. The van der Waals surface area contributed by atoms with E-state index in [4.69, 9.17) is 0 Å². The third kappa shape index (κ3) is 4.78. The Morgan fingerprint density at radius 3 is 2.52 bits per heavy atom. The Kier molecular flexibility index (Phi) is 6.03. The highest BCUT2D eigenvalue weighted by Crippen LogP contribution is 2.27. The van der Waals surface area contributed by atoms with Crippen LogP contribution >= 0.6 is 11.3 Å². The minimum Gasteiger partial charge on any atom is -0.347 e. The van der Waals surface area contributed by atoms with E-state index in [9.17, 15) is 13.2 Å². The topological polar surface area (TPSA) is 66.5 Å². The summed E-state index contributed by atoms with van der Waals surface area (Å²) in [6, 6.07) is 10.3. The number of nitrogens with zero attached hydrogens (tertiary/aromatic N) is 1. The summed E-state index contributed by atoms with van der Waals surface area (Å²) in [7, 11) is -3.59. The lowest BCUT2D eigenvalue weighted by Gasteiger charge is -2.34. The van der Waals surface area contributed by atoms with Crippen LogP contribution < -0.4 is 5.32 Å². The average Bonchev–Trinajstić information content (AvgIpc) is 3.04. The predicted octanol–water partition coefficient (Wildman–Crippen LogP) is 3.65. The third-order valence-corrected chi connectivity index (χ3v) is 7.62. The SMILES string of the molecule is Cc1ccc(CNC(=O)c2cccc(S(=O)(=O)N3CC(C)CC(C)C3)c2)s1. The number of benzene rings is 1. The maximum Gasteiger partial charge on any atom is 0.251 e. The monoisotopic (exact) mass is 406 g/mol. The van der Waals surface area contributed by atoms with Crippen molar-refractivity contribution in [3.05, 3.63) is 51.7 Å². The van der Waals surface area contributed by atoms with Crippen molar-refractivity contribution in [2.24, 2.45) is 11.8 Å². The van der Waals surface area contributed by atoms with Crippen molar-refractivity contribution in [3.63, 3.8) is 0 Å². The van der Waals surface area contributed by atoms with Crippen LogP contribution in [-0.4, -0.2) is 31.7 Å². The molecule has 1 aliphatic heterocycles. The second-order valence-corrected chi connectivity index (χ2v) is 10.8. The third-order valence-electron chi connectivity index (χ3n) is 4.79. The molecule has 27 heavy (non-hydrogen) atoms. The standard InChI is InChI=1S/C20H26N2O3S2/c1-14-9-15(2)13-22(12-14)27(24,25)19-6-4-5-17(10-19)20(23)21-11-18-8-7-16(3)26-18/h4-8,10,14-15H,9,11-13H2,1-3H3,(H,21,23). The highest BCUT2D eigenvalue weighted by Gasteiger charge is 2.31. The van der Waals surface area contributed by atoms with Gasteiger partial charge in [-0.2, -0.15) is 4.31 Å². The van der Waals surface area contributed by atoms with E-state index in [1.807, 2.05) is 19.1 Å². The number of carbonyl (C=O) groups excluding carboxylic acids is 1. The molecule has 0 radical (unpaired) electrons. The number of hydrogen-bond acceptors (Lipinski definition) is 4. The van der Waals surface area contributed by atoms with Crippen LogP contribution in [0.5, 0.6) is 0 Å². The van der Waals surface area contributed by atoms with E-state index >= 15 is 0 Å². The smallest absolute Gasteiger partial charge is 0.251 e. The Morgan fingerprint density at radius 2 is 1.89 bits per heavy atom. The molecule has 2 atom stereocenters. The Bertz CT molecular complexity index is 911. The van der Waals surface area contributed by atoms with Crippen molar-refractivity contribution in [1.82, 2.24) is 9.62 Å². The molecule has 1 amide bonds. The Labute approximate surface area is 165 Å². The fourth-order valence-corrected chi connectivity index (χ4v) is 6.15. The second-order valence-electron chi connectivity index (χ2n) is 7.49. The first-order chi connectivity index (χ1) is 12.8. The normalized spacial score (nSPS) is 21.1. The van der Waals surface area contributed by atoms with Gasteiger partial charge in [0.2, 0.25) is 10.0 Å². The highest BCUT2D eigenvalue weighted by atomic mass is 32.2. The summed E-state index contributed by atoms with van der Waals surface area (Å²) in [6.07, 6.45) is 1.04. The van der Waals surface area contributed by atoms with Crippen LogP contribution in [0.2, 0.25) is 0 Å². The number of aryl methyl sites for hydroxylation is 1. The van der Waals surface area contributed by atoms with Crippen LogP contribution in [0.4, 0.5) is 0 Å². The maximum atomic E-state index is 13.0. The summed E-state index contributed by atoms with van der Waals surface area (Å²) >= 11 is 1.63. The van der Waals surface area contributed by atoms with Crippen molar-refractivity contribution >= 4 is 27.3 Å². The highest BCUT2D eigenvalue weighted by molar-refractivity contribution is 7.89. The predicted molar refractivity (Wildman–Crippen MR) is 108 cm³/mol. The molecule has 1 aliphatic rings. The zero-order chi connectivity index (χ0) is 19.6. The zero-order valence-corrected chi connectivity index (χ0v) is 17.6. The van der Waals surface area contributed by atoms with Crippen molar-refractivity contribution in [2.45, 2.75) is 38.6 Å². The van der Waals surface area contributed by atoms with Gasteiger partial charge in [0, 0.05) is 28.4 Å². The van der Waals surface area contributed by atoms with Crippen LogP contribution in [-0.2, 0) is 16.6 Å². The molecule has 0 saturated carbocycles. The first kappa shape index (κ1) is 20.0. The van der Waals surface area contributed by atoms with Gasteiger partial charge in [0.1, 0.15) is 0 Å². The summed E-state index contributed by atoms with van der Waals surface area (Å²) < 4.78 is 27.6. The van der Waals surface area contributed by atoms with Gasteiger partial charge < -0.3 is 5.32 Å². The van der Waals surface area contributed by atoms with Crippen molar-refractivity contribution in [3.8, 4) is 0 Å². The lowest BCUT2D eigenvalue weighted by Crippen LogP contribution is -2.42. The fourth-order valence-electron chi connectivity index (χ4n) is 3.60. The number of nitrogens with one attached hydrogen (secondary N) is 1. The second kappa shape index (κ2) is 8.12. The van der Waals surface area contributed by atoms with Crippen LogP contribution in [0.1, 0.15) is 40.4 Å². The fraction of sp³-hybridized carbons (Fsp3) is 0.450. The molecule has 1 N–H and O–H groups in total. The van der Waals surface area contributed by atoms with Gasteiger partial charge in [-0.1, -0.05) is 19.9 Å². The van der Waals surface area contributed by atoms with Gasteiger partial charge in [-0.15, -0.1) is 11.3 Å². The Balaban J connectivity index is 1.75. The van der Waals surface area contributed by atoms with E-state index in [1.165, 1.54) is 10.9 Å². The summed E-state index contributed by atoms with van der Waals surface area (Å²) in [6.45, 7) is 7.67. The minimum atomic E-state index is -3.59. The van der Waals surface area contributed by atoms with E-state index in [0.717, 1.165) is 11.3 Å². The quantitative estimate of drug-likeness (QED) is 0.824. The largest absolute Gasteiger partial charge is 0.347 e. The first-order valence-corrected chi connectivity index (χ1v) is 11.4. The van der Waals surface area contributed by atoms with Gasteiger partial charge in [0.15, 0.2) is 0 Å². The maximum absolute atomic E-state index is 13.0. The molecule has 1 aromatic heterocycles. The van der Waals surface area contributed by atoms with E-state index in [-0.39, 0.29) is 10.8 Å². The molecule has 3 rings (SSSR count). The van der Waals surface area contributed by atoms with Gasteiger partial charge in [0.25, 0.3) is 5.91 Å². The van der Waals surface area contributed by atoms with E-state index < -0.39 is 10.0 Å². The molecule has 5 nitrogen and oxygen atoms in total. The number of thiophene rings is 1. The molecule has 2 aromatic rings. The molecule has 1 saturated heterocycles. The first-order valence-electron chi connectivity index (χ1n) is 9.19. The van der Waals surface area contributed by atoms with E-state index in [0.29, 0.717) is 37.0 Å². The van der Waals surface area contributed by atoms with E-state index in [2.05, 4.69) is 19.2 Å². The number of sulfonamides is 1. The van der Waals surface area contributed by atoms with Crippen molar-refractivity contribution in [2.75, 3.05) is 13.1 Å². The molecule has 0 aliphatic carbocycles. The summed E-state index contributed by atoms with van der Waals surface area (Å²) in [5.74, 6) is 0.409. The molecule has 0 bridgehead atoms. The summed E-state index contributed by atoms with van der Waals surface area (Å²) in [4.78, 5) is 14.9. The van der Waals surface area contributed by atoms with Gasteiger partial charge >= 0.3 is 0 Å². The van der Waals surface area contributed by atoms with Crippen molar-refractivity contribution in [1.29, 1.82) is 0 Å². The molecule has 146 valence electrons. The molecule has 1 aromatic carbocycles. The lowest BCUT2D eigenvalue weighted by atomic mass is 9.94. The number of rotatable bonds is 5. The van der Waals surface area contributed by atoms with Crippen molar-refractivity contribution < 1.29 is 13.2 Å². The summed E-state index contributed by atoms with van der Waals surface area (Å²) in [5, 5.41) is 2.86. The number of piperidine rings is 1. The van der Waals surface area contributed by atoms with Gasteiger partial charge in [-0.3, -0.25) is 4.79 Å². The molecule has 2 heterocycles. The summed E-state index contributed by atoms with van der Waals surface area (Å²) in [5.41, 5.74) is 0.363. The van der Waals surface area contributed by atoms with Crippen LogP contribution in [0, 0.1) is 18.8 Å². The van der Waals surface area contributed by atoms with Crippen LogP contribution in [0.3, 0.4) is 0 Å². The molecular formula is C20H26N2O3S2. The average molecular weight is 407 g/mol. The zero-order valence-electron chi connectivity index (χ0n) is 15.9. The molecule has 0 spiro atoms. The van der Waals surface area contributed by atoms with Crippen LogP contribution in [0.15, 0.2) is 41.3 Å². The molecular weight excluding hydrogens is 380 g/mol. The van der Waals surface area contributed by atoms with Gasteiger partial charge in [-0.05, 0) is 55.5 Å². The molecule has 2 unspecified atom stereocenters.